The Labute approximate surface area is 96.7 Å². The van der Waals surface area contributed by atoms with Crippen molar-refractivity contribution in [1.82, 2.24) is 4.57 Å². The molecule has 1 atom stereocenters. The SMILES string of the molecule is Cn1ccc(C(CCN)c2ccccc2)c1. The maximum Gasteiger partial charge on any atom is 0.0116 e. The van der Waals surface area contributed by atoms with Crippen LogP contribution < -0.4 is 5.73 Å². The third-order valence-electron chi connectivity index (χ3n) is 2.91. The molecule has 0 aliphatic rings. The molecular weight excluding hydrogens is 196 g/mol. The number of benzene rings is 1. The molecule has 1 aromatic carbocycles. The first kappa shape index (κ1) is 11.0. The van der Waals surface area contributed by atoms with Crippen molar-refractivity contribution in [2.24, 2.45) is 12.8 Å². The molecule has 0 amide bonds. The van der Waals surface area contributed by atoms with Gasteiger partial charge in [-0.25, -0.2) is 0 Å². The molecule has 2 N–H and O–H groups in total. The Bertz CT molecular complexity index is 431. The molecule has 84 valence electrons. The van der Waals surface area contributed by atoms with E-state index in [1.54, 1.807) is 0 Å². The van der Waals surface area contributed by atoms with E-state index in [0.29, 0.717) is 12.5 Å². The highest BCUT2D eigenvalue weighted by molar-refractivity contribution is 5.31. The maximum atomic E-state index is 5.70. The second-order valence-electron chi connectivity index (χ2n) is 4.15. The van der Waals surface area contributed by atoms with Crippen LogP contribution in [0.15, 0.2) is 48.8 Å². The van der Waals surface area contributed by atoms with Gasteiger partial charge in [0, 0.05) is 25.4 Å². The molecule has 0 spiro atoms. The fourth-order valence-electron chi connectivity index (χ4n) is 2.11. The van der Waals surface area contributed by atoms with Crippen LogP contribution in [-0.2, 0) is 7.05 Å². The number of aryl methyl sites for hydroxylation is 1. The Morgan fingerprint density at radius 3 is 2.44 bits per heavy atom. The van der Waals surface area contributed by atoms with Crippen molar-refractivity contribution in [3.63, 3.8) is 0 Å². The van der Waals surface area contributed by atoms with Crippen LogP contribution >= 0.6 is 0 Å². The Balaban J connectivity index is 2.31. The Morgan fingerprint density at radius 2 is 1.88 bits per heavy atom. The molecule has 0 radical (unpaired) electrons. The molecule has 1 aromatic heterocycles. The van der Waals surface area contributed by atoms with Gasteiger partial charge in [0.25, 0.3) is 0 Å². The summed E-state index contributed by atoms with van der Waals surface area (Å²) in [6.45, 7) is 0.717. The molecule has 1 unspecified atom stereocenters. The topological polar surface area (TPSA) is 30.9 Å². The fourth-order valence-corrected chi connectivity index (χ4v) is 2.11. The smallest absolute Gasteiger partial charge is 0.0116 e. The van der Waals surface area contributed by atoms with Gasteiger partial charge < -0.3 is 10.3 Å². The molecule has 0 aliphatic carbocycles. The Kier molecular flexibility index (Phi) is 3.42. The van der Waals surface area contributed by atoms with Gasteiger partial charge in [-0.3, -0.25) is 0 Å². The van der Waals surface area contributed by atoms with Crippen LogP contribution in [0.5, 0.6) is 0 Å². The second kappa shape index (κ2) is 4.99. The van der Waals surface area contributed by atoms with Crippen molar-refractivity contribution in [3.8, 4) is 0 Å². The van der Waals surface area contributed by atoms with E-state index < -0.39 is 0 Å². The van der Waals surface area contributed by atoms with Crippen LogP contribution in [0.1, 0.15) is 23.5 Å². The fraction of sp³-hybridized carbons (Fsp3) is 0.286. The molecule has 0 saturated carbocycles. The summed E-state index contributed by atoms with van der Waals surface area (Å²) < 4.78 is 2.09. The van der Waals surface area contributed by atoms with Crippen LogP contribution in [0, 0.1) is 0 Å². The molecular formula is C14H18N2. The molecule has 0 fully saturated rings. The normalized spacial score (nSPS) is 12.6. The molecule has 2 heteroatoms. The van der Waals surface area contributed by atoms with Crippen LogP contribution in [0.25, 0.3) is 0 Å². The summed E-state index contributed by atoms with van der Waals surface area (Å²) in [6, 6.07) is 12.7. The van der Waals surface area contributed by atoms with E-state index in [1.807, 2.05) is 13.1 Å². The number of aromatic nitrogens is 1. The van der Waals surface area contributed by atoms with E-state index in [2.05, 4.69) is 47.3 Å². The van der Waals surface area contributed by atoms with Crippen molar-refractivity contribution in [2.75, 3.05) is 6.54 Å². The number of nitrogens with two attached hydrogens (primary N) is 1. The van der Waals surface area contributed by atoms with Gasteiger partial charge in [-0.05, 0) is 30.2 Å². The van der Waals surface area contributed by atoms with Crippen molar-refractivity contribution in [1.29, 1.82) is 0 Å². The van der Waals surface area contributed by atoms with E-state index in [4.69, 9.17) is 5.73 Å². The zero-order valence-corrected chi connectivity index (χ0v) is 9.63. The first-order valence-electron chi connectivity index (χ1n) is 5.68. The lowest BCUT2D eigenvalue weighted by Crippen LogP contribution is -2.08. The molecule has 2 aromatic rings. The van der Waals surface area contributed by atoms with E-state index >= 15 is 0 Å². The number of hydrogen-bond acceptors (Lipinski definition) is 1. The van der Waals surface area contributed by atoms with Crippen LogP contribution in [0.3, 0.4) is 0 Å². The summed E-state index contributed by atoms with van der Waals surface area (Å²) in [7, 11) is 2.05. The van der Waals surface area contributed by atoms with Gasteiger partial charge in [0.2, 0.25) is 0 Å². The highest BCUT2D eigenvalue weighted by Crippen LogP contribution is 2.27. The summed E-state index contributed by atoms with van der Waals surface area (Å²) >= 11 is 0. The Morgan fingerprint density at radius 1 is 1.12 bits per heavy atom. The summed E-state index contributed by atoms with van der Waals surface area (Å²) in [4.78, 5) is 0. The van der Waals surface area contributed by atoms with E-state index in [0.717, 1.165) is 6.42 Å². The third kappa shape index (κ3) is 2.34. The lowest BCUT2D eigenvalue weighted by atomic mass is 9.90. The first-order valence-corrected chi connectivity index (χ1v) is 5.68. The second-order valence-corrected chi connectivity index (χ2v) is 4.15. The van der Waals surface area contributed by atoms with Crippen LogP contribution in [0.4, 0.5) is 0 Å². The lowest BCUT2D eigenvalue weighted by Gasteiger charge is -2.15. The van der Waals surface area contributed by atoms with Gasteiger partial charge in [-0.2, -0.15) is 0 Å². The van der Waals surface area contributed by atoms with Gasteiger partial charge in [0.1, 0.15) is 0 Å². The zero-order chi connectivity index (χ0) is 11.4. The quantitative estimate of drug-likeness (QED) is 0.833. The molecule has 0 bridgehead atoms. The van der Waals surface area contributed by atoms with Gasteiger partial charge in [-0.15, -0.1) is 0 Å². The van der Waals surface area contributed by atoms with E-state index in [-0.39, 0.29) is 0 Å². The lowest BCUT2D eigenvalue weighted by molar-refractivity contribution is 0.724. The molecule has 1 heterocycles. The number of hydrogen-bond donors (Lipinski definition) is 1. The minimum atomic E-state index is 0.424. The van der Waals surface area contributed by atoms with E-state index in [9.17, 15) is 0 Å². The largest absolute Gasteiger partial charge is 0.357 e. The molecule has 2 nitrogen and oxygen atoms in total. The van der Waals surface area contributed by atoms with Crippen molar-refractivity contribution >= 4 is 0 Å². The maximum absolute atomic E-state index is 5.70. The molecule has 0 saturated heterocycles. The Hall–Kier alpha value is -1.54. The summed E-state index contributed by atoms with van der Waals surface area (Å²) in [5.41, 5.74) is 8.40. The highest BCUT2D eigenvalue weighted by Gasteiger charge is 2.13. The average Bonchev–Trinajstić information content (AvgIpc) is 2.74. The van der Waals surface area contributed by atoms with Crippen molar-refractivity contribution in [2.45, 2.75) is 12.3 Å². The van der Waals surface area contributed by atoms with Gasteiger partial charge in [0.05, 0.1) is 0 Å². The number of rotatable bonds is 4. The zero-order valence-electron chi connectivity index (χ0n) is 9.63. The number of nitrogens with zero attached hydrogens (tertiary/aromatic N) is 1. The van der Waals surface area contributed by atoms with Gasteiger partial charge in [0.15, 0.2) is 0 Å². The minimum absolute atomic E-state index is 0.424. The summed E-state index contributed by atoms with van der Waals surface area (Å²) in [6.07, 6.45) is 5.25. The standard InChI is InChI=1S/C14H18N2/c1-16-10-8-13(11-16)14(7-9-15)12-5-3-2-4-6-12/h2-6,8,10-11,14H,7,9,15H2,1H3. The monoisotopic (exact) mass is 214 g/mol. The predicted octanol–water partition coefficient (Wildman–Crippen LogP) is 2.51. The molecule has 2 rings (SSSR count). The summed E-state index contributed by atoms with van der Waals surface area (Å²) in [5, 5.41) is 0. The predicted molar refractivity (Wildman–Crippen MR) is 67.4 cm³/mol. The van der Waals surface area contributed by atoms with Crippen molar-refractivity contribution in [3.05, 3.63) is 59.9 Å². The molecule has 0 aliphatic heterocycles. The van der Waals surface area contributed by atoms with Crippen LogP contribution in [0.2, 0.25) is 0 Å². The average molecular weight is 214 g/mol. The highest BCUT2D eigenvalue weighted by atomic mass is 14.9. The van der Waals surface area contributed by atoms with Crippen LogP contribution in [-0.4, -0.2) is 11.1 Å². The third-order valence-corrected chi connectivity index (χ3v) is 2.91. The van der Waals surface area contributed by atoms with Crippen molar-refractivity contribution < 1.29 is 0 Å². The van der Waals surface area contributed by atoms with Gasteiger partial charge >= 0.3 is 0 Å². The van der Waals surface area contributed by atoms with E-state index in [1.165, 1.54) is 11.1 Å². The van der Waals surface area contributed by atoms with Gasteiger partial charge in [-0.1, -0.05) is 30.3 Å². The first-order chi connectivity index (χ1) is 7.81. The molecule has 16 heavy (non-hydrogen) atoms. The minimum Gasteiger partial charge on any atom is -0.357 e. The summed E-state index contributed by atoms with van der Waals surface area (Å²) in [5.74, 6) is 0.424.